The highest BCUT2D eigenvalue weighted by molar-refractivity contribution is 7.18. The quantitative estimate of drug-likeness (QED) is 0.334. The van der Waals surface area contributed by atoms with Crippen LogP contribution >= 0.6 is 22.9 Å². The van der Waals surface area contributed by atoms with Crippen molar-refractivity contribution in [3.05, 3.63) is 58.1 Å². The van der Waals surface area contributed by atoms with E-state index < -0.39 is 6.03 Å². The summed E-state index contributed by atoms with van der Waals surface area (Å²) in [6.45, 7) is 1.93. The fourth-order valence-corrected chi connectivity index (χ4v) is 3.83. The second-order valence-electron chi connectivity index (χ2n) is 6.76. The molecular weight excluding hydrogens is 438 g/mol. The summed E-state index contributed by atoms with van der Waals surface area (Å²) in [5.41, 5.74) is 2.48. The average molecular weight is 460 g/mol. The number of aryl methyl sites for hydroxylation is 1. The number of halogens is 1. The Labute approximate surface area is 188 Å². The number of aromatic nitrogens is 1. The lowest BCUT2D eigenvalue weighted by Gasteiger charge is -2.24. The van der Waals surface area contributed by atoms with E-state index in [1.807, 2.05) is 37.3 Å². The first kappa shape index (κ1) is 22.7. The minimum absolute atomic E-state index is 0.115. The maximum absolute atomic E-state index is 12.5. The number of hydrogen-bond donors (Lipinski definition) is 2. The molecule has 0 radical (unpaired) electrons. The molecular formula is C21H22ClN5O3S. The monoisotopic (exact) mass is 459 g/mol. The summed E-state index contributed by atoms with van der Waals surface area (Å²) in [6, 6.07) is 12.2. The van der Waals surface area contributed by atoms with Crippen LogP contribution in [0, 0.1) is 6.92 Å². The number of thiazole rings is 1. The van der Waals surface area contributed by atoms with Gasteiger partial charge >= 0.3 is 6.03 Å². The summed E-state index contributed by atoms with van der Waals surface area (Å²) in [4.78, 5) is 35.4. The van der Waals surface area contributed by atoms with E-state index in [1.54, 1.807) is 35.4 Å². The fraction of sp³-hybridized carbons (Fsp3) is 0.238. The van der Waals surface area contributed by atoms with Gasteiger partial charge in [0.2, 0.25) is 12.4 Å². The highest BCUT2D eigenvalue weighted by Crippen LogP contribution is 2.26. The van der Waals surface area contributed by atoms with Crippen molar-refractivity contribution in [2.24, 2.45) is 4.99 Å². The normalized spacial score (nSPS) is 11.4. The summed E-state index contributed by atoms with van der Waals surface area (Å²) in [6.07, 6.45) is 0.370. The smallest absolute Gasteiger partial charge is 0.330 e. The molecule has 0 aliphatic heterocycles. The molecule has 0 saturated carbocycles. The number of guanidine groups is 1. The Morgan fingerprint density at radius 2 is 2.03 bits per heavy atom. The summed E-state index contributed by atoms with van der Waals surface area (Å²) in [7, 11) is 1.78. The SMILES string of the molecule is Cc1nc2ccc(N=C(NC(=O)N(C=O)CCO)N(C)Cc3ccc(Cl)cc3)cc2s1. The number of hydrogen-bond acceptors (Lipinski definition) is 6. The van der Waals surface area contributed by atoms with Crippen LogP contribution in [0.4, 0.5) is 10.5 Å². The number of imide groups is 1. The largest absolute Gasteiger partial charge is 0.395 e. The van der Waals surface area contributed by atoms with Gasteiger partial charge in [-0.3, -0.25) is 15.0 Å². The molecule has 0 spiro atoms. The van der Waals surface area contributed by atoms with Gasteiger partial charge in [0, 0.05) is 18.6 Å². The first-order valence-corrected chi connectivity index (χ1v) is 10.6. The van der Waals surface area contributed by atoms with Crippen molar-refractivity contribution in [2.75, 3.05) is 20.2 Å². The molecule has 0 bridgehead atoms. The second-order valence-corrected chi connectivity index (χ2v) is 8.43. The number of aliphatic hydroxyl groups is 1. The Kier molecular flexibility index (Phi) is 7.56. The van der Waals surface area contributed by atoms with E-state index in [2.05, 4.69) is 15.3 Å². The molecule has 0 atom stereocenters. The fourth-order valence-electron chi connectivity index (χ4n) is 2.84. The van der Waals surface area contributed by atoms with E-state index in [9.17, 15) is 9.59 Å². The van der Waals surface area contributed by atoms with Gasteiger partial charge in [0.05, 0.1) is 34.1 Å². The molecule has 3 rings (SSSR count). The van der Waals surface area contributed by atoms with Crippen LogP contribution in [0.3, 0.4) is 0 Å². The van der Waals surface area contributed by atoms with Crippen molar-refractivity contribution in [3.63, 3.8) is 0 Å². The zero-order valence-electron chi connectivity index (χ0n) is 17.1. The molecule has 0 saturated heterocycles. The summed E-state index contributed by atoms with van der Waals surface area (Å²) < 4.78 is 0.986. The maximum atomic E-state index is 12.5. The van der Waals surface area contributed by atoms with Crippen molar-refractivity contribution in [2.45, 2.75) is 13.5 Å². The van der Waals surface area contributed by atoms with E-state index in [4.69, 9.17) is 16.7 Å². The number of rotatable bonds is 6. The van der Waals surface area contributed by atoms with E-state index in [0.717, 1.165) is 25.7 Å². The van der Waals surface area contributed by atoms with Crippen molar-refractivity contribution < 1.29 is 14.7 Å². The number of aliphatic imine (C=N–C) groups is 1. The first-order chi connectivity index (χ1) is 14.9. The molecule has 2 N–H and O–H groups in total. The van der Waals surface area contributed by atoms with Gasteiger partial charge in [0.25, 0.3) is 0 Å². The maximum Gasteiger partial charge on any atom is 0.330 e. The lowest BCUT2D eigenvalue weighted by Crippen LogP contribution is -2.48. The van der Waals surface area contributed by atoms with Gasteiger partial charge < -0.3 is 10.0 Å². The molecule has 0 aliphatic carbocycles. The molecule has 3 amide bonds. The van der Waals surface area contributed by atoms with Crippen LogP contribution in [0.15, 0.2) is 47.5 Å². The topological polar surface area (TPSA) is 98.1 Å². The molecule has 1 aromatic heterocycles. The van der Waals surface area contributed by atoms with Gasteiger partial charge in [-0.2, -0.15) is 0 Å². The van der Waals surface area contributed by atoms with Crippen LogP contribution in [-0.2, 0) is 11.3 Å². The number of fused-ring (bicyclic) bond motifs is 1. The van der Waals surface area contributed by atoms with Gasteiger partial charge in [0.1, 0.15) is 0 Å². The standard InChI is InChI=1S/C21H22ClN5O3S/c1-14-23-18-8-7-17(11-19(18)31-14)24-20(25-21(30)27(13-29)9-10-28)26(2)12-15-3-5-16(22)6-4-15/h3-8,11,13,28H,9-10,12H2,1-2H3,(H,24,25,30). The molecule has 8 nitrogen and oxygen atoms in total. The molecule has 2 aromatic carbocycles. The van der Waals surface area contributed by atoms with Crippen LogP contribution in [0.1, 0.15) is 10.6 Å². The molecule has 162 valence electrons. The molecule has 10 heteroatoms. The minimum Gasteiger partial charge on any atom is -0.395 e. The number of benzene rings is 2. The molecule has 3 aromatic rings. The van der Waals surface area contributed by atoms with E-state index in [1.165, 1.54) is 0 Å². The predicted octanol–water partition coefficient (Wildman–Crippen LogP) is 3.54. The highest BCUT2D eigenvalue weighted by atomic mass is 35.5. The molecule has 1 heterocycles. The molecule has 0 fully saturated rings. The molecule has 0 unspecified atom stereocenters. The van der Waals surface area contributed by atoms with Crippen LogP contribution in [0.25, 0.3) is 10.2 Å². The minimum atomic E-state index is -0.680. The third-order valence-electron chi connectivity index (χ3n) is 4.36. The van der Waals surface area contributed by atoms with Crippen LogP contribution < -0.4 is 5.32 Å². The third kappa shape index (κ3) is 6.00. The Bertz CT molecular complexity index is 1100. The van der Waals surface area contributed by atoms with Crippen molar-refractivity contribution in [1.29, 1.82) is 0 Å². The van der Waals surface area contributed by atoms with Gasteiger partial charge in [-0.25, -0.2) is 14.8 Å². The van der Waals surface area contributed by atoms with Gasteiger partial charge in [0.15, 0.2) is 0 Å². The number of nitrogens with one attached hydrogen (secondary N) is 1. The van der Waals surface area contributed by atoms with Crippen LogP contribution in [0.5, 0.6) is 0 Å². The van der Waals surface area contributed by atoms with Gasteiger partial charge in [-0.15, -0.1) is 11.3 Å². The predicted molar refractivity (Wildman–Crippen MR) is 123 cm³/mol. The number of amides is 3. The Morgan fingerprint density at radius 1 is 1.29 bits per heavy atom. The van der Waals surface area contributed by atoms with Crippen molar-refractivity contribution in [1.82, 2.24) is 20.1 Å². The van der Waals surface area contributed by atoms with Gasteiger partial charge in [-0.05, 0) is 42.8 Å². The van der Waals surface area contributed by atoms with E-state index in [-0.39, 0.29) is 19.1 Å². The van der Waals surface area contributed by atoms with Crippen molar-refractivity contribution in [3.8, 4) is 0 Å². The Morgan fingerprint density at radius 3 is 2.71 bits per heavy atom. The number of carbonyl (C=O) groups excluding carboxylic acids is 2. The summed E-state index contributed by atoms with van der Waals surface area (Å²) >= 11 is 7.52. The number of aliphatic hydroxyl groups excluding tert-OH is 1. The number of nitrogens with zero attached hydrogens (tertiary/aromatic N) is 4. The zero-order valence-corrected chi connectivity index (χ0v) is 18.7. The van der Waals surface area contributed by atoms with Crippen LogP contribution in [0.2, 0.25) is 5.02 Å². The van der Waals surface area contributed by atoms with Gasteiger partial charge in [-0.1, -0.05) is 23.7 Å². The Balaban J connectivity index is 1.90. The lowest BCUT2D eigenvalue weighted by molar-refractivity contribution is -0.115. The molecule has 31 heavy (non-hydrogen) atoms. The lowest BCUT2D eigenvalue weighted by atomic mass is 10.2. The summed E-state index contributed by atoms with van der Waals surface area (Å²) in [5, 5.41) is 13.3. The third-order valence-corrected chi connectivity index (χ3v) is 5.54. The molecule has 0 aliphatic rings. The summed E-state index contributed by atoms with van der Waals surface area (Å²) in [5.74, 6) is 0.255. The van der Waals surface area contributed by atoms with E-state index in [0.29, 0.717) is 23.7 Å². The highest BCUT2D eigenvalue weighted by Gasteiger charge is 2.17. The van der Waals surface area contributed by atoms with E-state index >= 15 is 0 Å². The number of carbonyl (C=O) groups is 2. The average Bonchev–Trinajstić information content (AvgIpc) is 3.12. The Hall–Kier alpha value is -3.01. The van der Waals surface area contributed by atoms with Crippen LogP contribution in [-0.4, -0.2) is 58.5 Å². The van der Waals surface area contributed by atoms with Crippen molar-refractivity contribution >= 4 is 57.2 Å². The number of urea groups is 1. The second kappa shape index (κ2) is 10.3. The first-order valence-electron chi connectivity index (χ1n) is 9.45. The zero-order chi connectivity index (χ0) is 22.4.